The van der Waals surface area contributed by atoms with E-state index in [4.69, 9.17) is 16.3 Å². The van der Waals surface area contributed by atoms with Gasteiger partial charge in [-0.25, -0.2) is 0 Å². The van der Waals surface area contributed by atoms with Crippen LogP contribution in [-0.4, -0.2) is 6.54 Å². The molecule has 0 spiro atoms. The summed E-state index contributed by atoms with van der Waals surface area (Å²) in [4.78, 5) is 0. The minimum atomic E-state index is 0.610. The summed E-state index contributed by atoms with van der Waals surface area (Å²) in [5, 5.41) is 4.04. The molecule has 0 aliphatic rings. The quantitative estimate of drug-likeness (QED) is 0.712. The maximum atomic E-state index is 6.30. The zero-order chi connectivity index (χ0) is 15.2. The van der Waals surface area contributed by atoms with Gasteiger partial charge in [0.2, 0.25) is 0 Å². The number of ether oxygens (including phenoxy) is 1. The topological polar surface area (TPSA) is 21.3 Å². The molecule has 21 heavy (non-hydrogen) atoms. The lowest BCUT2D eigenvalue weighted by molar-refractivity contribution is 0.469. The summed E-state index contributed by atoms with van der Waals surface area (Å²) in [6, 6.07) is 13.6. The molecule has 2 nitrogen and oxygen atoms in total. The third-order valence-corrected chi connectivity index (χ3v) is 3.72. The molecule has 2 rings (SSSR count). The second-order valence-electron chi connectivity index (χ2n) is 5.31. The Balaban J connectivity index is 2.17. The summed E-state index contributed by atoms with van der Waals surface area (Å²) >= 11 is 9.74. The van der Waals surface area contributed by atoms with E-state index in [0.717, 1.165) is 28.9 Å². The van der Waals surface area contributed by atoms with Gasteiger partial charge < -0.3 is 10.1 Å². The molecule has 0 saturated heterocycles. The van der Waals surface area contributed by atoms with E-state index in [2.05, 4.69) is 35.1 Å². The van der Waals surface area contributed by atoms with Crippen LogP contribution in [0.4, 0.5) is 0 Å². The number of hydrogen-bond acceptors (Lipinski definition) is 2. The second-order valence-corrected chi connectivity index (χ2v) is 6.64. The molecular formula is C17H19BrClNO. The molecule has 0 radical (unpaired) electrons. The van der Waals surface area contributed by atoms with E-state index in [1.165, 1.54) is 0 Å². The van der Waals surface area contributed by atoms with E-state index in [9.17, 15) is 0 Å². The van der Waals surface area contributed by atoms with E-state index < -0.39 is 0 Å². The number of nitrogens with one attached hydrogen (secondary N) is 1. The predicted octanol–water partition coefficient (Wildman–Crippen LogP) is 5.64. The summed E-state index contributed by atoms with van der Waals surface area (Å²) in [5.74, 6) is 2.09. The van der Waals surface area contributed by atoms with Crippen molar-refractivity contribution in [2.24, 2.45) is 5.92 Å². The van der Waals surface area contributed by atoms with Crippen molar-refractivity contribution in [1.29, 1.82) is 0 Å². The lowest BCUT2D eigenvalue weighted by atomic mass is 10.1. The first-order chi connectivity index (χ1) is 10.1. The molecule has 2 aromatic rings. The molecule has 0 aromatic heterocycles. The first kappa shape index (κ1) is 16.3. The summed E-state index contributed by atoms with van der Waals surface area (Å²) < 4.78 is 6.95. The van der Waals surface area contributed by atoms with Crippen LogP contribution in [0.15, 0.2) is 46.9 Å². The van der Waals surface area contributed by atoms with Crippen molar-refractivity contribution in [3.63, 3.8) is 0 Å². The van der Waals surface area contributed by atoms with Crippen LogP contribution in [-0.2, 0) is 6.54 Å². The maximum absolute atomic E-state index is 6.30. The minimum Gasteiger partial charge on any atom is -0.455 e. The van der Waals surface area contributed by atoms with Gasteiger partial charge in [-0.2, -0.15) is 0 Å². The molecule has 112 valence electrons. The first-order valence-electron chi connectivity index (χ1n) is 6.98. The molecule has 1 N–H and O–H groups in total. The Morgan fingerprint density at radius 3 is 2.67 bits per heavy atom. The van der Waals surface area contributed by atoms with E-state index in [1.807, 2.05) is 42.5 Å². The second kappa shape index (κ2) is 7.83. The lowest BCUT2D eigenvalue weighted by Gasteiger charge is -2.14. The molecule has 0 heterocycles. The van der Waals surface area contributed by atoms with Gasteiger partial charge in [-0.05, 0) is 36.7 Å². The van der Waals surface area contributed by atoms with Crippen molar-refractivity contribution in [1.82, 2.24) is 5.32 Å². The lowest BCUT2D eigenvalue weighted by Crippen LogP contribution is -2.19. The standard InChI is InChI=1S/C17H19BrClNO/c1-12(2)10-20-11-13-5-3-8-16(19)17(13)21-15-7-4-6-14(18)9-15/h3-9,12,20H,10-11H2,1-2H3. The van der Waals surface area contributed by atoms with Gasteiger partial charge in [-0.1, -0.05) is 59.6 Å². The molecule has 0 aliphatic carbocycles. The van der Waals surface area contributed by atoms with Crippen molar-refractivity contribution in [3.8, 4) is 11.5 Å². The highest BCUT2D eigenvalue weighted by Gasteiger charge is 2.10. The number of rotatable bonds is 6. The molecule has 0 saturated carbocycles. The molecule has 2 aromatic carbocycles. The van der Waals surface area contributed by atoms with E-state index in [-0.39, 0.29) is 0 Å². The van der Waals surface area contributed by atoms with Gasteiger partial charge in [-0.3, -0.25) is 0 Å². The van der Waals surface area contributed by atoms with Crippen LogP contribution in [0.25, 0.3) is 0 Å². The van der Waals surface area contributed by atoms with Gasteiger partial charge >= 0.3 is 0 Å². The third-order valence-electron chi connectivity index (χ3n) is 2.93. The highest BCUT2D eigenvalue weighted by molar-refractivity contribution is 9.10. The zero-order valence-electron chi connectivity index (χ0n) is 12.2. The maximum Gasteiger partial charge on any atom is 0.150 e. The van der Waals surface area contributed by atoms with Crippen LogP contribution in [0.2, 0.25) is 5.02 Å². The largest absolute Gasteiger partial charge is 0.455 e. The molecule has 4 heteroatoms. The Morgan fingerprint density at radius 2 is 1.95 bits per heavy atom. The number of hydrogen-bond donors (Lipinski definition) is 1. The fourth-order valence-electron chi connectivity index (χ4n) is 1.95. The van der Waals surface area contributed by atoms with Gasteiger partial charge in [0, 0.05) is 16.6 Å². The molecule has 0 fully saturated rings. The molecule has 0 atom stereocenters. The highest BCUT2D eigenvalue weighted by atomic mass is 79.9. The smallest absolute Gasteiger partial charge is 0.150 e. The number of halogens is 2. The van der Waals surface area contributed by atoms with Crippen LogP contribution in [0.5, 0.6) is 11.5 Å². The van der Waals surface area contributed by atoms with Crippen LogP contribution in [0.1, 0.15) is 19.4 Å². The fourth-order valence-corrected chi connectivity index (χ4v) is 2.56. The van der Waals surface area contributed by atoms with Crippen molar-refractivity contribution >= 4 is 27.5 Å². The summed E-state index contributed by atoms with van der Waals surface area (Å²) in [6.07, 6.45) is 0. The van der Waals surface area contributed by atoms with Crippen molar-refractivity contribution < 1.29 is 4.74 Å². The van der Waals surface area contributed by atoms with Crippen LogP contribution < -0.4 is 10.1 Å². The first-order valence-corrected chi connectivity index (χ1v) is 8.15. The molecule has 0 amide bonds. The summed E-state index contributed by atoms with van der Waals surface area (Å²) in [5.41, 5.74) is 1.06. The van der Waals surface area contributed by atoms with Gasteiger partial charge in [0.15, 0.2) is 0 Å². The van der Waals surface area contributed by atoms with Gasteiger partial charge in [-0.15, -0.1) is 0 Å². The van der Waals surface area contributed by atoms with Crippen LogP contribution in [0.3, 0.4) is 0 Å². The molecule has 0 bridgehead atoms. The van der Waals surface area contributed by atoms with Crippen molar-refractivity contribution in [2.75, 3.05) is 6.54 Å². The Labute approximate surface area is 139 Å². The number of para-hydroxylation sites is 1. The van der Waals surface area contributed by atoms with Crippen molar-refractivity contribution in [2.45, 2.75) is 20.4 Å². The normalized spacial score (nSPS) is 10.9. The Hall–Kier alpha value is -1.03. The van der Waals surface area contributed by atoms with Gasteiger partial charge in [0.25, 0.3) is 0 Å². The summed E-state index contributed by atoms with van der Waals surface area (Å²) in [7, 11) is 0. The Morgan fingerprint density at radius 1 is 1.19 bits per heavy atom. The average molecular weight is 369 g/mol. The fraction of sp³-hybridized carbons (Fsp3) is 0.294. The van der Waals surface area contributed by atoms with Gasteiger partial charge in [0.05, 0.1) is 5.02 Å². The Kier molecular flexibility index (Phi) is 6.09. The molecule has 0 unspecified atom stereocenters. The number of benzene rings is 2. The highest BCUT2D eigenvalue weighted by Crippen LogP contribution is 2.33. The van der Waals surface area contributed by atoms with E-state index in [0.29, 0.717) is 16.7 Å². The summed E-state index contributed by atoms with van der Waals surface area (Å²) in [6.45, 7) is 6.07. The molecular weight excluding hydrogens is 350 g/mol. The predicted molar refractivity (Wildman–Crippen MR) is 92.2 cm³/mol. The molecule has 0 aliphatic heterocycles. The average Bonchev–Trinajstić information content (AvgIpc) is 2.42. The monoisotopic (exact) mass is 367 g/mol. The zero-order valence-corrected chi connectivity index (χ0v) is 14.5. The van der Waals surface area contributed by atoms with Gasteiger partial charge in [0.1, 0.15) is 11.5 Å². The van der Waals surface area contributed by atoms with E-state index >= 15 is 0 Å². The van der Waals surface area contributed by atoms with E-state index in [1.54, 1.807) is 0 Å². The third kappa shape index (κ3) is 5.03. The van der Waals surface area contributed by atoms with Crippen LogP contribution >= 0.6 is 27.5 Å². The minimum absolute atomic E-state index is 0.610. The van der Waals surface area contributed by atoms with Crippen LogP contribution in [0, 0.1) is 5.92 Å². The SMILES string of the molecule is CC(C)CNCc1cccc(Cl)c1Oc1cccc(Br)c1. The Bertz CT molecular complexity index is 601. The van der Waals surface area contributed by atoms with Crippen molar-refractivity contribution in [3.05, 3.63) is 57.5 Å².